The maximum Gasteiger partial charge on any atom is 0.287 e. The summed E-state index contributed by atoms with van der Waals surface area (Å²) in [5.74, 6) is -0.410. The summed E-state index contributed by atoms with van der Waals surface area (Å²) in [6.45, 7) is 4.67. The molecule has 0 unspecified atom stereocenters. The van der Waals surface area contributed by atoms with Gasteiger partial charge in [-0.2, -0.15) is 0 Å². The molecule has 8 heteroatoms. The number of amides is 1. The highest BCUT2D eigenvalue weighted by Crippen LogP contribution is 2.24. The van der Waals surface area contributed by atoms with Gasteiger partial charge in [0.25, 0.3) is 5.91 Å². The van der Waals surface area contributed by atoms with Gasteiger partial charge in [0.05, 0.1) is 4.90 Å². The van der Waals surface area contributed by atoms with Crippen molar-refractivity contribution in [3.8, 4) is 0 Å². The summed E-state index contributed by atoms with van der Waals surface area (Å²) in [6.07, 6.45) is 3.64. The molecule has 1 aromatic carbocycles. The van der Waals surface area contributed by atoms with E-state index in [1.165, 1.54) is 43.5 Å². The summed E-state index contributed by atoms with van der Waals surface area (Å²) < 4.78 is 31.3. The van der Waals surface area contributed by atoms with Crippen molar-refractivity contribution in [1.82, 2.24) is 10.2 Å². The lowest BCUT2D eigenvalue weighted by Gasteiger charge is -2.32. The number of carbonyl (C=O) groups excluding carboxylic acids is 1. The predicted molar refractivity (Wildman–Crippen MR) is 106 cm³/mol. The van der Waals surface area contributed by atoms with Crippen molar-refractivity contribution in [3.63, 3.8) is 0 Å². The van der Waals surface area contributed by atoms with Crippen molar-refractivity contribution in [2.45, 2.75) is 42.2 Å². The highest BCUT2D eigenvalue weighted by atomic mass is 79.9. The van der Waals surface area contributed by atoms with Crippen LogP contribution in [0.3, 0.4) is 0 Å². The van der Waals surface area contributed by atoms with Crippen molar-refractivity contribution in [3.05, 3.63) is 46.6 Å². The minimum atomic E-state index is -3.79. The van der Waals surface area contributed by atoms with Gasteiger partial charge in [0.2, 0.25) is 14.9 Å². The van der Waals surface area contributed by atoms with Gasteiger partial charge in [-0.1, -0.05) is 22.4 Å². The lowest BCUT2D eigenvalue weighted by Crippen LogP contribution is -2.44. The molecule has 1 atom stereocenters. The first-order valence-electron chi connectivity index (χ1n) is 9.00. The molecule has 1 N–H and O–H groups in total. The van der Waals surface area contributed by atoms with Crippen molar-refractivity contribution in [1.29, 1.82) is 0 Å². The van der Waals surface area contributed by atoms with Gasteiger partial charge in [0, 0.05) is 17.1 Å². The molecule has 2 aromatic rings. The van der Waals surface area contributed by atoms with Crippen LogP contribution in [-0.2, 0) is 9.84 Å². The molecule has 3 rings (SSSR count). The van der Waals surface area contributed by atoms with E-state index >= 15 is 0 Å². The van der Waals surface area contributed by atoms with Gasteiger partial charge in [-0.05, 0) is 69.3 Å². The number of hydrogen-bond donors (Lipinski definition) is 1. The number of furan rings is 1. The van der Waals surface area contributed by atoms with E-state index in [-0.39, 0.29) is 21.8 Å². The second-order valence-electron chi connectivity index (χ2n) is 6.73. The Morgan fingerprint density at radius 3 is 2.48 bits per heavy atom. The SMILES string of the molecule is C[C@H](CNC(=O)c1ccc(S(=O)(=O)c2ccc(Br)cc2)o1)N1CCCCC1. The zero-order chi connectivity index (χ0) is 19.4. The van der Waals surface area contributed by atoms with Gasteiger partial charge in [-0.15, -0.1) is 0 Å². The highest BCUT2D eigenvalue weighted by Gasteiger charge is 2.24. The Balaban J connectivity index is 1.64. The molecule has 1 amide bonds. The number of sulfone groups is 1. The quantitative estimate of drug-likeness (QED) is 0.722. The van der Waals surface area contributed by atoms with E-state index in [2.05, 4.69) is 33.1 Å². The van der Waals surface area contributed by atoms with Gasteiger partial charge >= 0.3 is 0 Å². The Labute approximate surface area is 168 Å². The third-order valence-corrected chi connectivity index (χ3v) is 6.94. The molecule has 0 radical (unpaired) electrons. The van der Waals surface area contributed by atoms with Crippen LogP contribution in [0.15, 0.2) is 55.3 Å². The summed E-state index contributed by atoms with van der Waals surface area (Å²) >= 11 is 3.27. The number of benzene rings is 1. The summed E-state index contributed by atoms with van der Waals surface area (Å²) in [4.78, 5) is 14.8. The molecule has 0 bridgehead atoms. The van der Waals surface area contributed by atoms with E-state index in [9.17, 15) is 13.2 Å². The topological polar surface area (TPSA) is 79.6 Å². The summed E-state index contributed by atoms with van der Waals surface area (Å²) in [6, 6.07) is 9.21. The molecule has 0 aliphatic carbocycles. The Hall–Kier alpha value is -1.64. The molecule has 146 valence electrons. The fraction of sp³-hybridized carbons (Fsp3) is 0.421. The number of nitrogens with zero attached hydrogens (tertiary/aromatic N) is 1. The Bertz CT molecular complexity index is 887. The fourth-order valence-corrected chi connectivity index (χ4v) is 4.57. The predicted octanol–water partition coefficient (Wildman–Crippen LogP) is 3.48. The Kier molecular flexibility index (Phi) is 6.39. The van der Waals surface area contributed by atoms with Crippen LogP contribution in [0.2, 0.25) is 0 Å². The second-order valence-corrected chi connectivity index (χ2v) is 9.53. The minimum Gasteiger partial charge on any atom is -0.439 e. The minimum absolute atomic E-state index is 0.00321. The number of halogens is 1. The summed E-state index contributed by atoms with van der Waals surface area (Å²) in [5, 5.41) is 2.60. The summed E-state index contributed by atoms with van der Waals surface area (Å²) in [5.41, 5.74) is 0. The van der Waals surface area contributed by atoms with Crippen LogP contribution >= 0.6 is 15.9 Å². The highest BCUT2D eigenvalue weighted by molar-refractivity contribution is 9.10. The second kappa shape index (κ2) is 8.58. The van der Waals surface area contributed by atoms with Crippen LogP contribution in [-0.4, -0.2) is 44.9 Å². The van der Waals surface area contributed by atoms with E-state index in [0.717, 1.165) is 17.6 Å². The van der Waals surface area contributed by atoms with E-state index < -0.39 is 15.7 Å². The first kappa shape index (κ1) is 20.1. The lowest BCUT2D eigenvalue weighted by atomic mass is 10.1. The molecular formula is C19H23BrN2O4S. The zero-order valence-corrected chi connectivity index (χ0v) is 17.6. The summed E-state index contributed by atoms with van der Waals surface area (Å²) in [7, 11) is -3.79. The van der Waals surface area contributed by atoms with Crippen LogP contribution in [0.25, 0.3) is 0 Å². The lowest BCUT2D eigenvalue weighted by molar-refractivity contribution is 0.0897. The van der Waals surface area contributed by atoms with Gasteiger partial charge in [-0.3, -0.25) is 9.69 Å². The molecule has 0 saturated carbocycles. The third kappa shape index (κ3) is 4.80. The number of piperidine rings is 1. The molecule has 6 nitrogen and oxygen atoms in total. The van der Waals surface area contributed by atoms with Crippen LogP contribution in [0.4, 0.5) is 0 Å². The molecule has 0 spiro atoms. The molecule has 2 heterocycles. The first-order valence-corrected chi connectivity index (χ1v) is 11.3. The fourth-order valence-electron chi connectivity index (χ4n) is 3.13. The van der Waals surface area contributed by atoms with Crippen LogP contribution in [0.5, 0.6) is 0 Å². The molecule has 27 heavy (non-hydrogen) atoms. The molecule has 1 fully saturated rings. The van der Waals surface area contributed by atoms with Crippen molar-refractivity contribution < 1.29 is 17.6 Å². The standard InChI is InChI=1S/C19H23BrN2O4S/c1-14(22-11-3-2-4-12-22)13-21-19(23)17-9-10-18(26-17)27(24,25)16-7-5-15(20)6-8-16/h5-10,14H,2-4,11-13H2,1H3,(H,21,23)/t14-/m1/s1. The third-order valence-electron chi connectivity index (χ3n) is 4.77. The van der Waals surface area contributed by atoms with E-state index in [4.69, 9.17) is 4.42 Å². The Morgan fingerprint density at radius 2 is 1.81 bits per heavy atom. The monoisotopic (exact) mass is 454 g/mol. The Morgan fingerprint density at radius 1 is 1.15 bits per heavy atom. The maximum absolute atomic E-state index is 12.6. The number of nitrogens with one attached hydrogen (secondary N) is 1. The first-order chi connectivity index (χ1) is 12.9. The molecule has 1 saturated heterocycles. The maximum atomic E-state index is 12.6. The number of hydrogen-bond acceptors (Lipinski definition) is 5. The number of carbonyl (C=O) groups is 1. The normalized spacial score (nSPS) is 16.8. The van der Waals surface area contributed by atoms with Gasteiger partial charge < -0.3 is 9.73 Å². The zero-order valence-electron chi connectivity index (χ0n) is 15.2. The van der Waals surface area contributed by atoms with Gasteiger partial charge in [-0.25, -0.2) is 8.42 Å². The number of likely N-dealkylation sites (tertiary alicyclic amines) is 1. The van der Waals surface area contributed by atoms with Gasteiger partial charge in [0.15, 0.2) is 5.76 Å². The average molecular weight is 455 g/mol. The van der Waals surface area contributed by atoms with E-state index in [1.807, 2.05) is 0 Å². The smallest absolute Gasteiger partial charge is 0.287 e. The van der Waals surface area contributed by atoms with Gasteiger partial charge in [0.1, 0.15) is 0 Å². The van der Waals surface area contributed by atoms with Crippen LogP contribution < -0.4 is 5.32 Å². The molecule has 1 aliphatic rings. The number of rotatable bonds is 6. The largest absolute Gasteiger partial charge is 0.439 e. The molecule has 1 aliphatic heterocycles. The molecule has 1 aromatic heterocycles. The van der Waals surface area contributed by atoms with E-state index in [0.29, 0.717) is 6.54 Å². The van der Waals surface area contributed by atoms with Crippen molar-refractivity contribution in [2.75, 3.05) is 19.6 Å². The van der Waals surface area contributed by atoms with Crippen LogP contribution in [0, 0.1) is 0 Å². The van der Waals surface area contributed by atoms with E-state index in [1.54, 1.807) is 12.1 Å². The van der Waals surface area contributed by atoms with Crippen LogP contribution in [0.1, 0.15) is 36.7 Å². The average Bonchev–Trinajstić information content (AvgIpc) is 3.18. The molecular weight excluding hydrogens is 432 g/mol. The van der Waals surface area contributed by atoms with Crippen molar-refractivity contribution >= 4 is 31.7 Å². The van der Waals surface area contributed by atoms with Crippen molar-refractivity contribution in [2.24, 2.45) is 0 Å².